The van der Waals surface area contributed by atoms with Gasteiger partial charge in [0.2, 0.25) is 0 Å². The average Bonchev–Trinajstić information content (AvgIpc) is 2.47. The van der Waals surface area contributed by atoms with Gasteiger partial charge in [-0.3, -0.25) is 0 Å². The first kappa shape index (κ1) is 13.1. The third kappa shape index (κ3) is 4.14. The molecule has 0 N–H and O–H groups in total. The summed E-state index contributed by atoms with van der Waals surface area (Å²) in [6.07, 6.45) is 0.843. The minimum Gasteiger partial charge on any atom is -0.493 e. The molecule has 2 rings (SSSR count). The predicted molar refractivity (Wildman–Crippen MR) is 72.6 cm³/mol. The summed E-state index contributed by atoms with van der Waals surface area (Å²) in [4.78, 5) is 10.1. The fourth-order valence-electron chi connectivity index (χ4n) is 1.79. The summed E-state index contributed by atoms with van der Waals surface area (Å²) >= 11 is 0. The van der Waals surface area contributed by atoms with Crippen molar-refractivity contribution in [3.63, 3.8) is 0 Å². The fourth-order valence-corrected chi connectivity index (χ4v) is 1.79. The van der Waals surface area contributed by atoms with Crippen molar-refractivity contribution in [2.75, 3.05) is 6.61 Å². The summed E-state index contributed by atoms with van der Waals surface area (Å²) in [7, 11) is 0. The Morgan fingerprint density at radius 3 is 2.47 bits per heavy atom. The molecule has 0 fully saturated rings. The van der Waals surface area contributed by atoms with Gasteiger partial charge in [-0.1, -0.05) is 48.5 Å². The lowest BCUT2D eigenvalue weighted by Gasteiger charge is -2.10. The molecular formula is C16H15O3. The van der Waals surface area contributed by atoms with Crippen molar-refractivity contribution in [3.8, 4) is 5.75 Å². The number of para-hydroxylation sites is 1. The molecule has 0 bridgehead atoms. The molecule has 3 heteroatoms. The zero-order valence-electron chi connectivity index (χ0n) is 10.5. The van der Waals surface area contributed by atoms with E-state index in [9.17, 15) is 4.79 Å². The Balaban J connectivity index is 1.90. The first-order valence-electron chi connectivity index (χ1n) is 6.13. The summed E-state index contributed by atoms with van der Waals surface area (Å²) in [5, 5.41) is 0. The topological polar surface area (TPSA) is 35.5 Å². The maximum absolute atomic E-state index is 10.1. The number of rotatable bonds is 7. The van der Waals surface area contributed by atoms with Gasteiger partial charge in [-0.05, 0) is 11.6 Å². The molecule has 19 heavy (non-hydrogen) atoms. The van der Waals surface area contributed by atoms with E-state index in [1.807, 2.05) is 42.5 Å². The quantitative estimate of drug-likeness (QED) is 0.763. The van der Waals surface area contributed by atoms with Crippen molar-refractivity contribution in [3.05, 3.63) is 65.7 Å². The molecule has 0 amide bonds. The Bertz CT molecular complexity index is 508. The van der Waals surface area contributed by atoms with Gasteiger partial charge in [-0.2, -0.15) is 0 Å². The largest absolute Gasteiger partial charge is 0.493 e. The van der Waals surface area contributed by atoms with Crippen LogP contribution in [0.1, 0.15) is 11.1 Å². The molecule has 3 nitrogen and oxygen atoms in total. The predicted octanol–water partition coefficient (Wildman–Crippen LogP) is 2.89. The zero-order valence-corrected chi connectivity index (χ0v) is 10.5. The average molecular weight is 255 g/mol. The fraction of sp³-hybridized carbons (Fsp3) is 0.188. The van der Waals surface area contributed by atoms with Crippen LogP contribution in [0.4, 0.5) is 0 Å². The van der Waals surface area contributed by atoms with E-state index in [1.54, 1.807) is 0 Å². The van der Waals surface area contributed by atoms with Crippen molar-refractivity contribution in [1.29, 1.82) is 0 Å². The van der Waals surface area contributed by atoms with Gasteiger partial charge in [0.15, 0.2) is 0 Å². The van der Waals surface area contributed by atoms with Gasteiger partial charge < -0.3 is 9.47 Å². The van der Waals surface area contributed by atoms with E-state index in [0.717, 1.165) is 17.7 Å². The van der Waals surface area contributed by atoms with Crippen LogP contribution in [0.3, 0.4) is 0 Å². The smallest absolute Gasteiger partial charge is 0.417 e. The van der Waals surface area contributed by atoms with Crippen LogP contribution in [0.5, 0.6) is 5.75 Å². The van der Waals surface area contributed by atoms with E-state index in [0.29, 0.717) is 6.61 Å². The molecule has 0 heterocycles. The first-order valence-corrected chi connectivity index (χ1v) is 6.13. The highest BCUT2D eigenvalue weighted by molar-refractivity contribution is 5.40. The van der Waals surface area contributed by atoms with Crippen LogP contribution in [0, 0.1) is 0 Å². The van der Waals surface area contributed by atoms with E-state index in [2.05, 4.69) is 16.9 Å². The second kappa shape index (κ2) is 7.21. The maximum Gasteiger partial charge on any atom is 0.417 e. The number of benzene rings is 2. The molecule has 0 atom stereocenters. The van der Waals surface area contributed by atoms with E-state index in [1.165, 1.54) is 12.0 Å². The van der Waals surface area contributed by atoms with Gasteiger partial charge in [0, 0.05) is 12.0 Å². The minimum atomic E-state index is 0.186. The molecule has 0 unspecified atom stereocenters. The molecule has 0 aromatic heterocycles. The van der Waals surface area contributed by atoms with Crippen LogP contribution >= 0.6 is 0 Å². The molecule has 0 saturated heterocycles. The molecule has 97 valence electrons. The monoisotopic (exact) mass is 255 g/mol. The second-order valence-corrected chi connectivity index (χ2v) is 4.06. The molecule has 0 saturated carbocycles. The van der Waals surface area contributed by atoms with Crippen molar-refractivity contribution in [1.82, 2.24) is 0 Å². The SMILES string of the molecule is O=[C]OCc1ccccc1OCCc1ccccc1. The van der Waals surface area contributed by atoms with Crippen molar-refractivity contribution in [2.45, 2.75) is 13.0 Å². The summed E-state index contributed by atoms with van der Waals surface area (Å²) in [6, 6.07) is 17.7. The Hall–Kier alpha value is -2.29. The van der Waals surface area contributed by atoms with Crippen LogP contribution < -0.4 is 4.74 Å². The number of hydrogen-bond donors (Lipinski definition) is 0. The maximum atomic E-state index is 10.1. The van der Waals surface area contributed by atoms with Gasteiger partial charge in [0.25, 0.3) is 0 Å². The molecule has 2 aromatic carbocycles. The lowest BCUT2D eigenvalue weighted by Crippen LogP contribution is -2.04. The van der Waals surface area contributed by atoms with Gasteiger partial charge in [-0.25, -0.2) is 4.79 Å². The summed E-state index contributed by atoms with van der Waals surface area (Å²) < 4.78 is 10.4. The zero-order chi connectivity index (χ0) is 13.3. The van der Waals surface area contributed by atoms with Crippen molar-refractivity contribution >= 4 is 6.47 Å². The third-order valence-corrected chi connectivity index (χ3v) is 2.75. The lowest BCUT2D eigenvalue weighted by molar-refractivity contribution is 0.254. The molecule has 2 aromatic rings. The third-order valence-electron chi connectivity index (χ3n) is 2.75. The van der Waals surface area contributed by atoms with Crippen LogP contribution in [0.2, 0.25) is 0 Å². The second-order valence-electron chi connectivity index (χ2n) is 4.06. The summed E-state index contributed by atoms with van der Waals surface area (Å²) in [5.74, 6) is 0.744. The first-order chi connectivity index (χ1) is 9.40. The Morgan fingerprint density at radius 2 is 1.68 bits per heavy atom. The van der Waals surface area contributed by atoms with Crippen molar-refractivity contribution in [2.24, 2.45) is 0 Å². The van der Waals surface area contributed by atoms with E-state index in [4.69, 9.17) is 4.74 Å². The normalized spacial score (nSPS) is 9.89. The van der Waals surface area contributed by atoms with Gasteiger partial charge in [0.05, 0.1) is 6.61 Å². The Kier molecular flexibility index (Phi) is 4.99. The number of carbonyl (C=O) groups excluding carboxylic acids is 1. The van der Waals surface area contributed by atoms with E-state index >= 15 is 0 Å². The summed E-state index contributed by atoms with van der Waals surface area (Å²) in [5.41, 5.74) is 2.08. The molecule has 0 aliphatic rings. The Morgan fingerprint density at radius 1 is 0.947 bits per heavy atom. The summed E-state index contributed by atoms with van der Waals surface area (Å²) in [6.45, 7) is 2.19. The molecule has 0 aliphatic carbocycles. The molecule has 1 radical (unpaired) electrons. The van der Waals surface area contributed by atoms with Gasteiger partial charge in [0.1, 0.15) is 12.4 Å². The number of hydrogen-bond acceptors (Lipinski definition) is 3. The highest BCUT2D eigenvalue weighted by Gasteiger charge is 2.03. The standard InChI is InChI=1S/C16H15O3/c17-13-18-12-15-8-4-5-9-16(15)19-11-10-14-6-2-1-3-7-14/h1-9H,10-12H2. The van der Waals surface area contributed by atoms with E-state index < -0.39 is 0 Å². The van der Waals surface area contributed by atoms with Crippen LogP contribution in [0.25, 0.3) is 0 Å². The van der Waals surface area contributed by atoms with Crippen LogP contribution in [0.15, 0.2) is 54.6 Å². The van der Waals surface area contributed by atoms with Gasteiger partial charge in [-0.15, -0.1) is 0 Å². The van der Waals surface area contributed by atoms with Gasteiger partial charge >= 0.3 is 6.47 Å². The molecule has 0 aliphatic heterocycles. The van der Waals surface area contributed by atoms with Crippen LogP contribution in [-0.2, 0) is 22.6 Å². The lowest BCUT2D eigenvalue weighted by atomic mass is 10.2. The highest BCUT2D eigenvalue weighted by atomic mass is 16.5. The Labute approximate surface area is 112 Å². The highest BCUT2D eigenvalue weighted by Crippen LogP contribution is 2.18. The van der Waals surface area contributed by atoms with Crippen molar-refractivity contribution < 1.29 is 14.3 Å². The molecule has 0 spiro atoms. The molecular weight excluding hydrogens is 240 g/mol. The van der Waals surface area contributed by atoms with Crippen LogP contribution in [-0.4, -0.2) is 13.1 Å². The minimum absolute atomic E-state index is 0.186. The number of ether oxygens (including phenoxy) is 2. The van der Waals surface area contributed by atoms with E-state index in [-0.39, 0.29) is 6.61 Å².